The van der Waals surface area contributed by atoms with Crippen molar-refractivity contribution in [2.24, 2.45) is 0 Å². The summed E-state index contributed by atoms with van der Waals surface area (Å²) in [5.74, 6) is 1.96. The molecule has 0 bridgehead atoms. The van der Waals surface area contributed by atoms with Crippen molar-refractivity contribution in [1.29, 1.82) is 0 Å². The summed E-state index contributed by atoms with van der Waals surface area (Å²) in [4.78, 5) is 15.5. The van der Waals surface area contributed by atoms with E-state index in [1.807, 2.05) is 44.2 Å². The second-order valence-corrected chi connectivity index (χ2v) is 13.7. The van der Waals surface area contributed by atoms with Crippen molar-refractivity contribution in [1.82, 2.24) is 19.5 Å². The van der Waals surface area contributed by atoms with Crippen molar-refractivity contribution in [3.63, 3.8) is 0 Å². The van der Waals surface area contributed by atoms with E-state index in [1.165, 1.54) is 44.2 Å². The second-order valence-electron chi connectivity index (χ2n) is 13.7. The lowest BCUT2D eigenvalue weighted by atomic mass is 9.67. The monoisotopic (exact) mass is 696 g/mol. The Kier molecular flexibility index (Phi) is 8.64. The summed E-state index contributed by atoms with van der Waals surface area (Å²) in [7, 11) is 0. The van der Waals surface area contributed by atoms with Gasteiger partial charge in [0.25, 0.3) is 0 Å². The molecule has 2 aliphatic carbocycles. The largest absolute Gasteiger partial charge is 0.278 e. The summed E-state index contributed by atoms with van der Waals surface area (Å²) in [5, 5.41) is 2.34. The molecular formula is C50H40N4. The van der Waals surface area contributed by atoms with Gasteiger partial charge >= 0.3 is 0 Å². The molecule has 54 heavy (non-hydrogen) atoms. The Hall–Kier alpha value is -6.65. The van der Waals surface area contributed by atoms with Crippen LogP contribution in [-0.4, -0.2) is 19.5 Å². The zero-order valence-corrected chi connectivity index (χ0v) is 30.5. The standard InChI is InChI=1S/C46H32N4.C4H8/c1-5-17-31(18-6-1)43-47-44(32-19-7-2-8-20-32)49-45(48-43)50-41-28-16-14-26-36(41)38-29-37-35-25-13-15-27-39(35)46(40(37)30-42(38)50,33-21-9-3-10-22-33)34-23-11-4-12-24-34;1-3-4-2/h1,3-7,9-30H,2,8H2;3-4H,1-2H3/b;4-3-. The molecule has 0 N–H and O–H groups in total. The molecule has 8 aromatic rings. The van der Waals surface area contributed by atoms with Gasteiger partial charge in [0.1, 0.15) is 0 Å². The predicted molar refractivity (Wildman–Crippen MR) is 224 cm³/mol. The third kappa shape index (κ3) is 5.41. The van der Waals surface area contributed by atoms with Crippen molar-refractivity contribution in [2.75, 3.05) is 0 Å². The molecule has 0 saturated heterocycles. The number of hydrogen-bond donors (Lipinski definition) is 0. The molecule has 4 nitrogen and oxygen atoms in total. The van der Waals surface area contributed by atoms with Crippen LogP contribution in [0.4, 0.5) is 0 Å². The molecule has 260 valence electrons. The molecule has 0 radical (unpaired) electrons. The van der Waals surface area contributed by atoms with Gasteiger partial charge < -0.3 is 0 Å². The number of para-hydroxylation sites is 1. The maximum atomic E-state index is 5.23. The summed E-state index contributed by atoms with van der Waals surface area (Å²) in [5.41, 5.74) is 11.1. The number of nitrogens with zero attached hydrogens (tertiary/aromatic N) is 4. The fourth-order valence-corrected chi connectivity index (χ4v) is 8.21. The zero-order valence-electron chi connectivity index (χ0n) is 30.5. The van der Waals surface area contributed by atoms with E-state index in [0.29, 0.717) is 17.6 Å². The van der Waals surface area contributed by atoms with Crippen LogP contribution in [0.2, 0.25) is 0 Å². The van der Waals surface area contributed by atoms with Gasteiger partial charge in [-0.15, -0.1) is 0 Å². The summed E-state index contributed by atoms with van der Waals surface area (Å²) in [6, 6.07) is 54.5. The van der Waals surface area contributed by atoms with Crippen LogP contribution < -0.4 is 0 Å². The van der Waals surface area contributed by atoms with Crippen LogP contribution >= 0.6 is 0 Å². The summed E-state index contributed by atoms with van der Waals surface area (Å²) < 4.78 is 2.25. The molecule has 0 fully saturated rings. The highest BCUT2D eigenvalue weighted by Gasteiger charge is 2.46. The highest BCUT2D eigenvalue weighted by atomic mass is 15.2. The molecule has 2 aliphatic rings. The third-order valence-corrected chi connectivity index (χ3v) is 10.7. The summed E-state index contributed by atoms with van der Waals surface area (Å²) in [6.07, 6.45) is 12.6. The van der Waals surface area contributed by atoms with Crippen molar-refractivity contribution < 1.29 is 0 Å². The number of hydrogen-bond acceptors (Lipinski definition) is 3. The Morgan fingerprint density at radius 1 is 0.537 bits per heavy atom. The zero-order chi connectivity index (χ0) is 36.5. The highest BCUT2D eigenvalue weighted by molar-refractivity contribution is 6.11. The van der Waals surface area contributed by atoms with E-state index in [1.54, 1.807) is 0 Å². The lowest BCUT2D eigenvalue weighted by Gasteiger charge is -2.34. The van der Waals surface area contributed by atoms with Crippen LogP contribution in [0, 0.1) is 0 Å². The van der Waals surface area contributed by atoms with Gasteiger partial charge in [-0.1, -0.05) is 164 Å². The number of aromatic nitrogens is 4. The van der Waals surface area contributed by atoms with Crippen LogP contribution in [-0.2, 0) is 5.41 Å². The van der Waals surface area contributed by atoms with E-state index < -0.39 is 5.41 Å². The molecule has 0 aliphatic heterocycles. The van der Waals surface area contributed by atoms with E-state index >= 15 is 0 Å². The lowest BCUT2D eigenvalue weighted by molar-refractivity contribution is 0.769. The molecule has 4 heteroatoms. The summed E-state index contributed by atoms with van der Waals surface area (Å²) >= 11 is 0. The third-order valence-electron chi connectivity index (χ3n) is 10.7. The quantitative estimate of drug-likeness (QED) is 0.168. The van der Waals surface area contributed by atoms with Crippen LogP contribution in [0.15, 0.2) is 182 Å². The van der Waals surface area contributed by atoms with Gasteiger partial charge in [0.15, 0.2) is 11.6 Å². The van der Waals surface area contributed by atoms with Gasteiger partial charge in [-0.05, 0) is 78.3 Å². The van der Waals surface area contributed by atoms with Gasteiger partial charge in [0.2, 0.25) is 5.95 Å². The number of rotatable bonds is 5. The smallest absolute Gasteiger partial charge is 0.238 e. The van der Waals surface area contributed by atoms with E-state index in [0.717, 1.165) is 35.0 Å². The summed E-state index contributed by atoms with van der Waals surface area (Å²) in [6.45, 7) is 4.00. The topological polar surface area (TPSA) is 43.6 Å². The van der Waals surface area contributed by atoms with Crippen molar-refractivity contribution in [2.45, 2.75) is 32.1 Å². The highest BCUT2D eigenvalue weighted by Crippen LogP contribution is 2.57. The maximum absolute atomic E-state index is 5.23. The van der Waals surface area contributed by atoms with Crippen LogP contribution in [0.5, 0.6) is 0 Å². The minimum Gasteiger partial charge on any atom is -0.278 e. The van der Waals surface area contributed by atoms with Crippen molar-refractivity contribution in [3.05, 3.63) is 210 Å². The molecule has 0 atom stereocenters. The van der Waals surface area contributed by atoms with Gasteiger partial charge in [0, 0.05) is 21.9 Å². The van der Waals surface area contributed by atoms with E-state index in [-0.39, 0.29) is 0 Å². The Morgan fingerprint density at radius 2 is 1.17 bits per heavy atom. The first-order valence-corrected chi connectivity index (χ1v) is 18.8. The molecule has 0 unspecified atom stereocenters. The first kappa shape index (κ1) is 33.2. The molecule has 2 aromatic heterocycles. The van der Waals surface area contributed by atoms with Crippen molar-refractivity contribution >= 4 is 27.4 Å². The van der Waals surface area contributed by atoms with Crippen LogP contribution in [0.25, 0.3) is 55.8 Å². The average Bonchev–Trinajstić information content (AvgIpc) is 3.74. The number of benzene rings is 6. The van der Waals surface area contributed by atoms with Crippen LogP contribution in [0.3, 0.4) is 0 Å². The van der Waals surface area contributed by atoms with Gasteiger partial charge in [-0.25, -0.2) is 4.98 Å². The van der Waals surface area contributed by atoms with Crippen molar-refractivity contribution in [3.8, 4) is 28.5 Å². The SMILES string of the molecule is C/C=C\C.C1=CC(c2nc(-c3ccccc3)nc(-n3c4ccccc4c4cc5c(cc43)C(c3ccccc3)(c3ccccc3)c3ccccc3-5)n2)=CCC1. The van der Waals surface area contributed by atoms with E-state index in [2.05, 4.69) is 156 Å². The first-order chi connectivity index (χ1) is 26.7. The molecule has 10 rings (SSSR count). The Labute approximate surface area is 316 Å². The fraction of sp³-hybridized carbons (Fsp3) is 0.100. The molecule has 0 saturated carbocycles. The number of fused-ring (bicyclic) bond motifs is 6. The molecule has 2 heterocycles. The minimum absolute atomic E-state index is 0.513. The Bertz CT molecular complexity index is 2680. The van der Waals surface area contributed by atoms with Crippen LogP contribution in [0.1, 0.15) is 54.8 Å². The first-order valence-electron chi connectivity index (χ1n) is 18.8. The normalized spacial score (nSPS) is 14.1. The minimum atomic E-state index is -0.513. The Morgan fingerprint density at radius 3 is 1.85 bits per heavy atom. The molecular weight excluding hydrogens is 657 g/mol. The van der Waals surface area contributed by atoms with Gasteiger partial charge in [-0.2, -0.15) is 9.97 Å². The Balaban J connectivity index is 0.000000918. The maximum Gasteiger partial charge on any atom is 0.238 e. The van der Waals surface area contributed by atoms with E-state index in [9.17, 15) is 0 Å². The van der Waals surface area contributed by atoms with E-state index in [4.69, 9.17) is 15.0 Å². The predicted octanol–water partition coefficient (Wildman–Crippen LogP) is 12.3. The number of allylic oxidation sites excluding steroid dienone is 6. The van der Waals surface area contributed by atoms with Gasteiger partial charge in [-0.3, -0.25) is 4.57 Å². The lowest BCUT2D eigenvalue weighted by Crippen LogP contribution is -2.28. The fourth-order valence-electron chi connectivity index (χ4n) is 8.21. The average molecular weight is 697 g/mol. The molecule has 0 spiro atoms. The van der Waals surface area contributed by atoms with Gasteiger partial charge in [0.05, 0.1) is 16.4 Å². The molecule has 6 aromatic carbocycles. The molecule has 0 amide bonds. The second kappa shape index (κ2) is 14.1.